The molecule has 0 atom stereocenters. The second-order valence-electron chi connectivity index (χ2n) is 35.6. The molecule has 0 bridgehead atoms. The van der Waals surface area contributed by atoms with Gasteiger partial charge in [-0.15, -0.1) is 0 Å². The first-order chi connectivity index (χ1) is 68.4. The van der Waals surface area contributed by atoms with E-state index < -0.39 is 0 Å². The van der Waals surface area contributed by atoms with Crippen LogP contribution in [0.3, 0.4) is 0 Å². The Kier molecular flexibility index (Phi) is 18.7. The number of rotatable bonds is 10. The van der Waals surface area contributed by atoms with Gasteiger partial charge in [-0.1, -0.05) is 315 Å². The Morgan fingerprint density at radius 2 is 0.435 bits per heavy atom. The molecule has 29 aromatic rings. The van der Waals surface area contributed by atoms with Crippen LogP contribution >= 0.6 is 0 Å². The van der Waals surface area contributed by atoms with Crippen molar-refractivity contribution in [1.82, 2.24) is 48.2 Å². The van der Waals surface area contributed by atoms with Crippen molar-refractivity contribution >= 4 is 174 Å². The smallest absolute Gasteiger partial charge is 0.161 e. The molecule has 0 fully saturated rings. The van der Waals surface area contributed by atoms with E-state index in [2.05, 4.69) is 479 Å². The largest absolute Gasteiger partial charge is 0.309 e. The normalized spacial score (nSPS) is 11.8. The average molecular weight is 1760 g/mol. The lowest BCUT2D eigenvalue weighted by atomic mass is 10.00. The maximum Gasteiger partial charge on any atom is 0.161 e. The lowest BCUT2D eigenvalue weighted by molar-refractivity contribution is 1.17. The summed E-state index contributed by atoms with van der Waals surface area (Å²) in [4.78, 5) is 30.8. The van der Waals surface area contributed by atoms with Crippen molar-refractivity contribution in [2.24, 2.45) is 0 Å². The summed E-state index contributed by atoms with van der Waals surface area (Å²) in [5.41, 5.74) is 25.9. The summed E-state index contributed by atoms with van der Waals surface area (Å²) in [6, 6.07) is 172. The van der Waals surface area contributed by atoms with Gasteiger partial charge in [0, 0.05) is 115 Å². The third-order valence-corrected chi connectivity index (χ3v) is 27.6. The van der Waals surface area contributed by atoms with E-state index in [0.717, 1.165) is 128 Å². The minimum atomic E-state index is 0.710. The zero-order valence-corrected chi connectivity index (χ0v) is 74.7. The van der Waals surface area contributed by atoms with Crippen LogP contribution in [0, 0.1) is 0 Å². The predicted molar refractivity (Wildman–Crippen MR) is 576 cm³/mol. The third kappa shape index (κ3) is 13.4. The SMILES string of the molecule is c1ccc(-c2nc(-c3ccc(-n4c5ccccc5c5cc6ccccc6cc54)cc3)nc3ccccc23)cc1.c1ccc(-n2c3ccccc3c3cc(-c4nc(-c5ccc(-n6c7ccccc7c7cc8ccccc8cc76)c6ccccc56)nc5ccccc45)ccc32)cc1.c1ccc2cc(-c3nc(-c4ccc(-n5c6ccccc6c6cc7ccccc7cc65)cc4)nc4ccccc34)ccc2c1. The van der Waals surface area contributed by atoms with Gasteiger partial charge in [-0.05, 0) is 218 Å². The fraction of sp³-hybridized carbons (Fsp3) is 0. The van der Waals surface area contributed by atoms with E-state index in [0.29, 0.717) is 5.82 Å². The number of fused-ring (bicyclic) bond motifs is 20. The van der Waals surface area contributed by atoms with Crippen LogP contribution < -0.4 is 0 Å². The lowest BCUT2D eigenvalue weighted by Gasteiger charge is -2.15. The molecule has 0 amide bonds. The Bertz CT molecular complexity index is 9990. The lowest BCUT2D eigenvalue weighted by Crippen LogP contribution is -1.99. The van der Waals surface area contributed by atoms with Crippen LogP contribution in [-0.2, 0) is 0 Å². The van der Waals surface area contributed by atoms with E-state index in [4.69, 9.17) is 29.9 Å². The Labute approximate surface area is 792 Å². The Balaban J connectivity index is 0.000000107. The highest BCUT2D eigenvalue weighted by Crippen LogP contribution is 2.45. The topological polar surface area (TPSA) is 97.1 Å². The maximum absolute atomic E-state index is 5.45. The van der Waals surface area contributed by atoms with Crippen molar-refractivity contribution in [3.8, 4) is 90.7 Å². The molecule has 0 aliphatic carbocycles. The van der Waals surface area contributed by atoms with Gasteiger partial charge in [-0.3, -0.25) is 0 Å². The third-order valence-electron chi connectivity index (χ3n) is 27.6. The zero-order chi connectivity index (χ0) is 90.8. The minimum Gasteiger partial charge on any atom is -0.309 e. The Hall–Kier alpha value is -18.6. The first-order valence-electron chi connectivity index (χ1n) is 46.9. The van der Waals surface area contributed by atoms with Crippen LogP contribution in [0.2, 0.25) is 0 Å². The average Bonchev–Trinajstić information content (AvgIpc) is 1.57. The van der Waals surface area contributed by atoms with E-state index in [-0.39, 0.29) is 0 Å². The molecular weight excluding hydrogens is 1680 g/mol. The van der Waals surface area contributed by atoms with E-state index >= 15 is 0 Å². The molecule has 138 heavy (non-hydrogen) atoms. The molecule has 642 valence electrons. The zero-order valence-electron chi connectivity index (χ0n) is 74.7. The van der Waals surface area contributed by atoms with Gasteiger partial charge < -0.3 is 18.3 Å². The molecule has 0 saturated carbocycles. The highest BCUT2D eigenvalue weighted by Gasteiger charge is 2.24. The van der Waals surface area contributed by atoms with Gasteiger partial charge in [0.25, 0.3) is 0 Å². The molecule has 7 heterocycles. The fourth-order valence-corrected chi connectivity index (χ4v) is 21.2. The number of benzene rings is 22. The van der Waals surface area contributed by atoms with E-state index in [1.54, 1.807) is 0 Å². The number of hydrogen-bond acceptors (Lipinski definition) is 6. The summed E-state index contributed by atoms with van der Waals surface area (Å²) in [6.07, 6.45) is 0. The van der Waals surface area contributed by atoms with Gasteiger partial charge in [-0.25, -0.2) is 29.9 Å². The van der Waals surface area contributed by atoms with Gasteiger partial charge in [0.2, 0.25) is 0 Å². The first kappa shape index (κ1) is 79.1. The fourth-order valence-electron chi connectivity index (χ4n) is 21.2. The monoisotopic (exact) mass is 1760 g/mol. The standard InChI is InChI=1S/C52H32N4.C40H25N3.C36H23N3/c1-2-16-36(17-3-1)55-46-24-12-9-20-39(46)43-31-35(26-28-49(43)55)51-42-22-8-11-23-45(42)53-52(54-51)41-27-29-48(38-19-7-6-18-37(38)41)56-47-25-13-10-21-40(47)44-30-33-14-4-5-15-34(33)32-50(44)56;1-2-10-28-23-31(18-17-26(28)9-1)39-34-14-5-7-15-36(34)41-40(42-39)27-19-21-32(22-20-27)43-37-16-8-6-13-33(37)35-24-29-11-3-4-12-30(29)25-38(35)43;1-2-10-24(11-3-1)35-30-15-6-8-16-32(30)37-36(38-35)25-18-20-28(21-19-25)39-33-17-9-7-14-29(33)31-22-26-12-4-5-13-27(26)23-34(31)39/h1-32H;1-25H;1-23H. The van der Waals surface area contributed by atoms with Crippen molar-refractivity contribution in [3.63, 3.8) is 0 Å². The Morgan fingerprint density at radius 3 is 0.899 bits per heavy atom. The van der Waals surface area contributed by atoms with E-state index in [1.807, 2.05) is 24.3 Å². The number of hydrogen-bond donors (Lipinski definition) is 0. The molecule has 0 aliphatic heterocycles. The highest BCUT2D eigenvalue weighted by atomic mass is 15.0. The van der Waals surface area contributed by atoms with Gasteiger partial charge >= 0.3 is 0 Å². The van der Waals surface area contributed by atoms with Crippen molar-refractivity contribution in [1.29, 1.82) is 0 Å². The molecular formula is C128H80N10. The van der Waals surface area contributed by atoms with E-state index in [9.17, 15) is 0 Å². The second kappa shape index (κ2) is 32.7. The molecule has 0 saturated heterocycles. The van der Waals surface area contributed by atoms with Crippen LogP contribution in [0.5, 0.6) is 0 Å². The van der Waals surface area contributed by atoms with Crippen molar-refractivity contribution in [3.05, 3.63) is 485 Å². The van der Waals surface area contributed by atoms with Crippen LogP contribution in [0.25, 0.3) is 264 Å². The Morgan fingerprint density at radius 1 is 0.138 bits per heavy atom. The van der Waals surface area contributed by atoms with Crippen molar-refractivity contribution < 1.29 is 0 Å². The molecule has 0 radical (unpaired) electrons. The molecule has 29 rings (SSSR count). The second-order valence-corrected chi connectivity index (χ2v) is 35.6. The van der Waals surface area contributed by atoms with Crippen LogP contribution in [0.15, 0.2) is 485 Å². The molecule has 10 nitrogen and oxygen atoms in total. The molecule has 22 aromatic carbocycles. The highest BCUT2D eigenvalue weighted by molar-refractivity contribution is 6.19. The summed E-state index contributed by atoms with van der Waals surface area (Å²) in [6.45, 7) is 0. The summed E-state index contributed by atoms with van der Waals surface area (Å²) in [5, 5.41) is 25.2. The van der Waals surface area contributed by atoms with E-state index in [1.165, 1.54) is 130 Å². The van der Waals surface area contributed by atoms with Crippen LogP contribution in [-0.4, -0.2) is 48.2 Å². The molecule has 0 unspecified atom stereocenters. The van der Waals surface area contributed by atoms with Gasteiger partial charge in [0.05, 0.1) is 83.5 Å². The maximum atomic E-state index is 5.45. The predicted octanol–water partition coefficient (Wildman–Crippen LogP) is 33.0. The molecule has 0 spiro atoms. The number of aromatic nitrogens is 10. The number of para-hydroxylation sites is 8. The van der Waals surface area contributed by atoms with Gasteiger partial charge in [0.15, 0.2) is 17.5 Å². The molecule has 0 N–H and O–H groups in total. The van der Waals surface area contributed by atoms with Gasteiger partial charge in [0.1, 0.15) is 0 Å². The van der Waals surface area contributed by atoms with Crippen LogP contribution in [0.4, 0.5) is 0 Å². The molecule has 0 aliphatic rings. The summed E-state index contributed by atoms with van der Waals surface area (Å²) < 4.78 is 9.50. The molecule has 7 aromatic heterocycles. The summed E-state index contributed by atoms with van der Waals surface area (Å²) >= 11 is 0. The van der Waals surface area contributed by atoms with Crippen LogP contribution in [0.1, 0.15) is 0 Å². The van der Waals surface area contributed by atoms with Gasteiger partial charge in [-0.2, -0.15) is 0 Å². The van der Waals surface area contributed by atoms with Crippen molar-refractivity contribution in [2.75, 3.05) is 0 Å². The number of nitrogens with zero attached hydrogens (tertiary/aromatic N) is 10. The molecule has 10 heteroatoms. The summed E-state index contributed by atoms with van der Waals surface area (Å²) in [5.74, 6) is 2.16. The minimum absolute atomic E-state index is 0.710. The first-order valence-corrected chi connectivity index (χ1v) is 46.9. The summed E-state index contributed by atoms with van der Waals surface area (Å²) in [7, 11) is 0. The quantitative estimate of drug-likeness (QED) is 0.135. The van der Waals surface area contributed by atoms with Crippen molar-refractivity contribution in [2.45, 2.75) is 0 Å².